The number of hydrogen-bond acceptors (Lipinski definition) is 1. The first-order valence-electron chi connectivity index (χ1n) is 6.53. The second-order valence-corrected chi connectivity index (χ2v) is 6.34. The number of benzene rings is 1. The minimum atomic E-state index is 0.195. The van der Waals surface area contributed by atoms with E-state index in [0.717, 1.165) is 6.54 Å². The van der Waals surface area contributed by atoms with Gasteiger partial charge in [0.25, 0.3) is 0 Å². The fourth-order valence-electron chi connectivity index (χ4n) is 2.53. The highest BCUT2D eigenvalue weighted by Crippen LogP contribution is 2.24. The van der Waals surface area contributed by atoms with Crippen LogP contribution < -0.4 is 5.32 Å². The van der Waals surface area contributed by atoms with E-state index < -0.39 is 0 Å². The van der Waals surface area contributed by atoms with Crippen LogP contribution in [0.4, 0.5) is 0 Å². The molecule has 0 heterocycles. The molecule has 96 valence electrons. The van der Waals surface area contributed by atoms with Crippen LogP contribution in [-0.2, 0) is 0 Å². The first-order chi connectivity index (χ1) is 7.70. The van der Waals surface area contributed by atoms with Crippen molar-refractivity contribution in [2.24, 2.45) is 0 Å². The van der Waals surface area contributed by atoms with Crippen LogP contribution in [0.2, 0.25) is 0 Å². The molecule has 17 heavy (non-hydrogen) atoms. The second-order valence-electron chi connectivity index (χ2n) is 6.34. The molecule has 0 spiro atoms. The SMILES string of the molecule is Cc1cc(C)c(C(C)CNC(C)(C)C)c(C)c1. The summed E-state index contributed by atoms with van der Waals surface area (Å²) in [4.78, 5) is 0. The predicted octanol–water partition coefficient (Wildman–Crippen LogP) is 4.10. The molecule has 0 aliphatic heterocycles. The van der Waals surface area contributed by atoms with Crippen LogP contribution in [0.25, 0.3) is 0 Å². The van der Waals surface area contributed by atoms with Crippen molar-refractivity contribution in [1.82, 2.24) is 5.32 Å². The lowest BCUT2D eigenvalue weighted by Crippen LogP contribution is -2.38. The highest BCUT2D eigenvalue weighted by atomic mass is 14.9. The third-order valence-electron chi connectivity index (χ3n) is 3.17. The van der Waals surface area contributed by atoms with Gasteiger partial charge in [0.2, 0.25) is 0 Å². The molecular weight excluding hydrogens is 206 g/mol. The number of nitrogens with one attached hydrogen (secondary N) is 1. The summed E-state index contributed by atoms with van der Waals surface area (Å²) in [6.45, 7) is 16.6. The van der Waals surface area contributed by atoms with Gasteiger partial charge in [-0.2, -0.15) is 0 Å². The molecule has 0 aromatic heterocycles. The van der Waals surface area contributed by atoms with Crippen LogP contribution in [0.5, 0.6) is 0 Å². The Kier molecular flexibility index (Phi) is 4.37. The van der Waals surface area contributed by atoms with Crippen molar-refractivity contribution in [1.29, 1.82) is 0 Å². The predicted molar refractivity (Wildman–Crippen MR) is 76.8 cm³/mol. The second kappa shape index (κ2) is 5.22. The Morgan fingerprint density at radius 3 is 1.94 bits per heavy atom. The molecule has 1 N–H and O–H groups in total. The maximum atomic E-state index is 3.59. The van der Waals surface area contributed by atoms with Gasteiger partial charge in [0.15, 0.2) is 0 Å². The summed E-state index contributed by atoms with van der Waals surface area (Å²) < 4.78 is 0. The molecule has 1 aromatic carbocycles. The Labute approximate surface area is 107 Å². The summed E-state index contributed by atoms with van der Waals surface area (Å²) in [5, 5.41) is 3.59. The van der Waals surface area contributed by atoms with Crippen LogP contribution in [0, 0.1) is 20.8 Å². The quantitative estimate of drug-likeness (QED) is 0.828. The molecule has 0 amide bonds. The monoisotopic (exact) mass is 233 g/mol. The Hall–Kier alpha value is -0.820. The average Bonchev–Trinajstić information content (AvgIpc) is 2.11. The van der Waals surface area contributed by atoms with Crippen molar-refractivity contribution in [2.75, 3.05) is 6.54 Å². The molecule has 1 nitrogen and oxygen atoms in total. The zero-order chi connectivity index (χ0) is 13.2. The lowest BCUT2D eigenvalue weighted by atomic mass is 9.90. The van der Waals surface area contributed by atoms with Crippen molar-refractivity contribution >= 4 is 0 Å². The Morgan fingerprint density at radius 1 is 1.06 bits per heavy atom. The van der Waals surface area contributed by atoms with Gasteiger partial charge >= 0.3 is 0 Å². The van der Waals surface area contributed by atoms with Crippen molar-refractivity contribution < 1.29 is 0 Å². The summed E-state index contributed by atoms with van der Waals surface area (Å²) in [5.74, 6) is 0.565. The molecule has 0 radical (unpaired) electrons. The third-order valence-corrected chi connectivity index (χ3v) is 3.17. The lowest BCUT2D eigenvalue weighted by molar-refractivity contribution is 0.412. The molecule has 0 aliphatic carbocycles. The van der Waals surface area contributed by atoms with E-state index in [0.29, 0.717) is 5.92 Å². The van der Waals surface area contributed by atoms with Crippen LogP contribution in [0.1, 0.15) is 55.9 Å². The summed E-state index contributed by atoms with van der Waals surface area (Å²) in [7, 11) is 0. The van der Waals surface area contributed by atoms with E-state index in [1.807, 2.05) is 0 Å². The van der Waals surface area contributed by atoms with E-state index >= 15 is 0 Å². The van der Waals surface area contributed by atoms with Crippen LogP contribution in [0.3, 0.4) is 0 Å². The molecule has 0 bridgehead atoms. The molecule has 0 saturated heterocycles. The van der Waals surface area contributed by atoms with E-state index in [9.17, 15) is 0 Å². The molecule has 1 atom stereocenters. The highest BCUT2D eigenvalue weighted by molar-refractivity contribution is 5.39. The summed E-state index contributed by atoms with van der Waals surface area (Å²) in [6.07, 6.45) is 0. The first-order valence-corrected chi connectivity index (χ1v) is 6.53. The van der Waals surface area contributed by atoms with Gasteiger partial charge in [0.1, 0.15) is 0 Å². The van der Waals surface area contributed by atoms with Gasteiger partial charge < -0.3 is 5.32 Å². The molecule has 1 unspecified atom stereocenters. The Morgan fingerprint density at radius 2 is 1.53 bits per heavy atom. The minimum Gasteiger partial charge on any atom is -0.311 e. The van der Waals surface area contributed by atoms with Crippen LogP contribution in [-0.4, -0.2) is 12.1 Å². The minimum absolute atomic E-state index is 0.195. The standard InChI is InChI=1S/C16H27N/c1-11-8-12(2)15(13(3)9-11)14(4)10-17-16(5,6)7/h8-9,14,17H,10H2,1-7H3. The van der Waals surface area contributed by atoms with E-state index in [-0.39, 0.29) is 5.54 Å². The van der Waals surface area contributed by atoms with Gasteiger partial charge in [-0.25, -0.2) is 0 Å². The number of aryl methyl sites for hydroxylation is 3. The molecular formula is C16H27N. The van der Waals surface area contributed by atoms with E-state index in [1.54, 1.807) is 0 Å². The van der Waals surface area contributed by atoms with Crippen molar-refractivity contribution in [2.45, 2.75) is 59.9 Å². The highest BCUT2D eigenvalue weighted by Gasteiger charge is 2.15. The maximum absolute atomic E-state index is 3.59. The molecule has 0 saturated carbocycles. The fourth-order valence-corrected chi connectivity index (χ4v) is 2.53. The van der Waals surface area contributed by atoms with Gasteiger partial charge in [-0.3, -0.25) is 0 Å². The first kappa shape index (κ1) is 14.2. The smallest absolute Gasteiger partial charge is 0.00967 e. The van der Waals surface area contributed by atoms with Crippen molar-refractivity contribution in [3.05, 3.63) is 34.4 Å². The van der Waals surface area contributed by atoms with Gasteiger partial charge in [0, 0.05) is 12.1 Å². The summed E-state index contributed by atoms with van der Waals surface area (Å²) in [5.41, 5.74) is 5.91. The van der Waals surface area contributed by atoms with E-state index in [2.05, 4.69) is 65.9 Å². The zero-order valence-electron chi connectivity index (χ0n) is 12.4. The summed E-state index contributed by atoms with van der Waals surface area (Å²) >= 11 is 0. The average molecular weight is 233 g/mol. The van der Waals surface area contributed by atoms with Crippen molar-refractivity contribution in [3.8, 4) is 0 Å². The van der Waals surface area contributed by atoms with E-state index in [4.69, 9.17) is 0 Å². The lowest BCUT2D eigenvalue weighted by Gasteiger charge is -2.25. The Balaban J connectivity index is 2.86. The normalized spacial score (nSPS) is 13.8. The van der Waals surface area contributed by atoms with Crippen molar-refractivity contribution in [3.63, 3.8) is 0 Å². The fraction of sp³-hybridized carbons (Fsp3) is 0.625. The van der Waals surface area contributed by atoms with Gasteiger partial charge in [-0.15, -0.1) is 0 Å². The maximum Gasteiger partial charge on any atom is 0.00967 e. The van der Waals surface area contributed by atoms with Gasteiger partial charge in [0.05, 0.1) is 0 Å². The number of hydrogen-bond donors (Lipinski definition) is 1. The molecule has 0 aliphatic rings. The Bertz CT molecular complexity index is 362. The molecule has 1 heteroatoms. The molecule has 1 aromatic rings. The molecule has 1 rings (SSSR count). The largest absolute Gasteiger partial charge is 0.311 e. The zero-order valence-corrected chi connectivity index (χ0v) is 12.4. The van der Waals surface area contributed by atoms with E-state index in [1.165, 1.54) is 22.3 Å². The molecule has 0 fully saturated rings. The summed E-state index contributed by atoms with van der Waals surface area (Å²) in [6, 6.07) is 4.58. The van der Waals surface area contributed by atoms with Gasteiger partial charge in [-0.1, -0.05) is 24.6 Å². The van der Waals surface area contributed by atoms with Crippen LogP contribution in [0.15, 0.2) is 12.1 Å². The third kappa shape index (κ3) is 4.16. The number of rotatable bonds is 3. The van der Waals surface area contributed by atoms with Gasteiger partial charge in [-0.05, 0) is 64.2 Å². The topological polar surface area (TPSA) is 12.0 Å². The van der Waals surface area contributed by atoms with Crippen LogP contribution >= 0.6 is 0 Å².